The van der Waals surface area contributed by atoms with Crippen LogP contribution >= 0.6 is 0 Å². The third-order valence-corrected chi connectivity index (χ3v) is 3.66. The van der Waals surface area contributed by atoms with E-state index in [1.54, 1.807) is 7.11 Å². The summed E-state index contributed by atoms with van der Waals surface area (Å²) >= 11 is 0. The molecule has 3 heteroatoms. The molecule has 1 N–H and O–H groups in total. The van der Waals surface area contributed by atoms with E-state index in [0.29, 0.717) is 6.54 Å². The van der Waals surface area contributed by atoms with E-state index in [1.165, 1.54) is 30.4 Å². The number of benzene rings is 1. The molecule has 0 amide bonds. The Kier molecular flexibility index (Phi) is 5.55. The van der Waals surface area contributed by atoms with Gasteiger partial charge in [0.05, 0.1) is 6.54 Å². The van der Waals surface area contributed by atoms with Gasteiger partial charge in [-0.25, -0.2) is 0 Å². The molecule has 1 aliphatic rings. The van der Waals surface area contributed by atoms with Gasteiger partial charge in [-0.2, -0.15) is 0 Å². The summed E-state index contributed by atoms with van der Waals surface area (Å²) in [5.74, 6) is 0.186. The normalized spacial score (nSPS) is 14.2. The van der Waals surface area contributed by atoms with Crippen molar-refractivity contribution in [2.75, 3.05) is 26.8 Å². The fourth-order valence-corrected chi connectivity index (χ4v) is 2.55. The van der Waals surface area contributed by atoms with Crippen molar-refractivity contribution in [1.29, 1.82) is 0 Å². The first-order chi connectivity index (χ1) is 9.31. The lowest BCUT2D eigenvalue weighted by molar-refractivity contribution is 0.0989. The highest BCUT2D eigenvalue weighted by Crippen LogP contribution is 2.22. The molecule has 0 spiro atoms. The Morgan fingerprint density at radius 2 is 2.05 bits per heavy atom. The van der Waals surface area contributed by atoms with E-state index in [2.05, 4.69) is 17.4 Å². The molecular weight excluding hydrogens is 238 g/mol. The Morgan fingerprint density at radius 1 is 1.26 bits per heavy atom. The zero-order valence-corrected chi connectivity index (χ0v) is 11.7. The van der Waals surface area contributed by atoms with Crippen molar-refractivity contribution in [1.82, 2.24) is 5.32 Å². The first-order valence-electron chi connectivity index (χ1n) is 7.16. The molecule has 0 fully saturated rings. The number of methoxy groups -OCH3 is 1. The van der Waals surface area contributed by atoms with E-state index in [1.807, 2.05) is 6.07 Å². The van der Waals surface area contributed by atoms with Crippen LogP contribution in [-0.4, -0.2) is 32.6 Å². The molecule has 1 aromatic rings. The molecule has 0 radical (unpaired) electrons. The summed E-state index contributed by atoms with van der Waals surface area (Å²) < 4.78 is 4.97. The molecule has 1 aliphatic carbocycles. The highest BCUT2D eigenvalue weighted by Gasteiger charge is 2.12. The quantitative estimate of drug-likeness (QED) is 0.605. The summed E-state index contributed by atoms with van der Waals surface area (Å²) in [6.45, 7) is 1.98. The van der Waals surface area contributed by atoms with Crippen molar-refractivity contribution < 1.29 is 9.53 Å². The Balaban J connectivity index is 1.85. The molecule has 19 heavy (non-hydrogen) atoms. The molecule has 3 nitrogen and oxygen atoms in total. The number of ketones is 1. The molecule has 0 unspecified atom stereocenters. The van der Waals surface area contributed by atoms with Crippen LogP contribution in [0.2, 0.25) is 0 Å². The molecule has 0 heterocycles. The molecule has 2 rings (SSSR count). The van der Waals surface area contributed by atoms with Gasteiger partial charge < -0.3 is 10.1 Å². The van der Waals surface area contributed by atoms with Gasteiger partial charge in [0.25, 0.3) is 0 Å². The van der Waals surface area contributed by atoms with Gasteiger partial charge in [-0.3, -0.25) is 4.79 Å². The third kappa shape index (κ3) is 4.15. The average molecular weight is 261 g/mol. The fourth-order valence-electron chi connectivity index (χ4n) is 2.55. The highest BCUT2D eigenvalue weighted by molar-refractivity contribution is 5.97. The molecule has 104 valence electrons. The highest BCUT2D eigenvalue weighted by atomic mass is 16.5. The van der Waals surface area contributed by atoms with Gasteiger partial charge >= 0.3 is 0 Å². The number of hydrogen-bond donors (Lipinski definition) is 1. The number of fused-ring (bicyclic) bond motifs is 1. The van der Waals surface area contributed by atoms with E-state index in [9.17, 15) is 4.79 Å². The summed E-state index contributed by atoms with van der Waals surface area (Å²) in [5, 5.41) is 3.17. The van der Waals surface area contributed by atoms with Crippen LogP contribution in [-0.2, 0) is 17.6 Å². The number of aryl methyl sites for hydroxylation is 2. The van der Waals surface area contributed by atoms with Crippen LogP contribution in [0.4, 0.5) is 0 Å². The molecular formula is C16H23NO2. The molecule has 0 bridgehead atoms. The lowest BCUT2D eigenvalue weighted by atomic mass is 9.90. The zero-order valence-electron chi connectivity index (χ0n) is 11.7. The maximum Gasteiger partial charge on any atom is 0.176 e. The predicted octanol–water partition coefficient (Wildman–Crippen LogP) is 2.37. The Labute approximate surface area is 115 Å². The fraction of sp³-hybridized carbons (Fsp3) is 0.562. The third-order valence-electron chi connectivity index (χ3n) is 3.66. The summed E-state index contributed by atoms with van der Waals surface area (Å²) in [6, 6.07) is 6.20. The number of hydrogen-bond acceptors (Lipinski definition) is 3. The molecule has 0 saturated carbocycles. The summed E-state index contributed by atoms with van der Waals surface area (Å²) in [6.07, 6.45) is 5.76. The van der Waals surface area contributed by atoms with Gasteiger partial charge in [0.2, 0.25) is 0 Å². The minimum Gasteiger partial charge on any atom is -0.385 e. The van der Waals surface area contributed by atoms with Crippen LogP contribution in [0.25, 0.3) is 0 Å². The Bertz CT molecular complexity index is 429. The largest absolute Gasteiger partial charge is 0.385 e. The zero-order chi connectivity index (χ0) is 13.5. The van der Waals surface area contributed by atoms with E-state index in [4.69, 9.17) is 4.74 Å². The lowest BCUT2D eigenvalue weighted by Gasteiger charge is -2.16. The maximum absolute atomic E-state index is 12.1. The van der Waals surface area contributed by atoms with Crippen LogP contribution in [0.3, 0.4) is 0 Å². The summed E-state index contributed by atoms with van der Waals surface area (Å²) in [7, 11) is 1.69. The average Bonchev–Trinajstić information content (AvgIpc) is 2.46. The second kappa shape index (κ2) is 7.41. The minimum absolute atomic E-state index is 0.186. The van der Waals surface area contributed by atoms with E-state index >= 15 is 0 Å². The van der Waals surface area contributed by atoms with Crippen molar-refractivity contribution >= 4 is 5.78 Å². The van der Waals surface area contributed by atoms with Gasteiger partial charge in [0.1, 0.15) is 0 Å². The monoisotopic (exact) mass is 261 g/mol. The predicted molar refractivity (Wildman–Crippen MR) is 76.8 cm³/mol. The van der Waals surface area contributed by atoms with Crippen LogP contribution in [0.5, 0.6) is 0 Å². The SMILES string of the molecule is COCCCNCC(=O)c1ccc2c(c1)CCCC2. The van der Waals surface area contributed by atoms with Crippen molar-refractivity contribution in [3.8, 4) is 0 Å². The second-order valence-corrected chi connectivity index (χ2v) is 5.14. The van der Waals surface area contributed by atoms with Crippen LogP contribution in [0.1, 0.15) is 40.7 Å². The second-order valence-electron chi connectivity index (χ2n) is 5.14. The molecule has 0 saturated heterocycles. The van der Waals surface area contributed by atoms with Crippen LogP contribution in [0.15, 0.2) is 18.2 Å². The van der Waals surface area contributed by atoms with Crippen molar-refractivity contribution in [3.05, 3.63) is 34.9 Å². The smallest absolute Gasteiger partial charge is 0.176 e. The maximum atomic E-state index is 12.1. The van der Waals surface area contributed by atoms with Crippen molar-refractivity contribution in [2.45, 2.75) is 32.1 Å². The minimum atomic E-state index is 0.186. The van der Waals surface area contributed by atoms with Crippen LogP contribution in [0, 0.1) is 0 Å². The van der Waals surface area contributed by atoms with E-state index < -0.39 is 0 Å². The molecule has 0 aliphatic heterocycles. The lowest BCUT2D eigenvalue weighted by Crippen LogP contribution is -2.25. The number of nitrogens with one attached hydrogen (secondary N) is 1. The van der Waals surface area contributed by atoms with Crippen molar-refractivity contribution in [2.24, 2.45) is 0 Å². The summed E-state index contributed by atoms with van der Waals surface area (Å²) in [4.78, 5) is 12.1. The van der Waals surface area contributed by atoms with Gasteiger partial charge in [0.15, 0.2) is 5.78 Å². The van der Waals surface area contributed by atoms with Crippen LogP contribution < -0.4 is 5.32 Å². The number of Topliss-reactive ketones (excluding diaryl/α,β-unsaturated/α-hetero) is 1. The first-order valence-corrected chi connectivity index (χ1v) is 7.16. The topological polar surface area (TPSA) is 38.3 Å². The number of ether oxygens (including phenoxy) is 1. The van der Waals surface area contributed by atoms with Gasteiger partial charge in [-0.05, 0) is 55.8 Å². The molecule has 0 atom stereocenters. The van der Waals surface area contributed by atoms with Crippen molar-refractivity contribution in [3.63, 3.8) is 0 Å². The number of carbonyl (C=O) groups excluding carboxylic acids is 1. The molecule has 1 aromatic carbocycles. The van der Waals surface area contributed by atoms with E-state index in [0.717, 1.165) is 31.6 Å². The van der Waals surface area contributed by atoms with Gasteiger partial charge in [-0.1, -0.05) is 12.1 Å². The summed E-state index contributed by atoms with van der Waals surface area (Å²) in [5.41, 5.74) is 3.65. The first kappa shape index (κ1) is 14.2. The van der Waals surface area contributed by atoms with E-state index in [-0.39, 0.29) is 5.78 Å². The standard InChI is InChI=1S/C16H23NO2/c1-19-10-4-9-17-12-16(18)15-8-7-13-5-2-3-6-14(13)11-15/h7-8,11,17H,2-6,9-10,12H2,1H3. The molecule has 0 aromatic heterocycles. The number of rotatable bonds is 7. The van der Waals surface area contributed by atoms with Gasteiger partial charge in [0, 0.05) is 19.3 Å². The Morgan fingerprint density at radius 3 is 2.84 bits per heavy atom. The number of carbonyl (C=O) groups is 1. The Hall–Kier alpha value is -1.19. The van der Waals surface area contributed by atoms with Gasteiger partial charge in [-0.15, -0.1) is 0 Å².